The highest BCUT2D eigenvalue weighted by Gasteiger charge is 2.31. The standard InChI is InChI=1S/C25H20BrNO3S2/c1-3-11-27-24(28)22(32-25(27)31)14-16-12-20(26)23(21(13-16)29-2)30-15-18-9-6-8-17-7-4-5-10-19(17)18/h3-10,12-14H,1,11,15H2,2H3/b22-14-. The monoisotopic (exact) mass is 525 g/mol. The largest absolute Gasteiger partial charge is 0.493 e. The van der Waals surface area contributed by atoms with Crippen LogP contribution in [0.5, 0.6) is 11.5 Å². The molecule has 0 radical (unpaired) electrons. The zero-order chi connectivity index (χ0) is 22.7. The molecule has 0 atom stereocenters. The summed E-state index contributed by atoms with van der Waals surface area (Å²) in [4.78, 5) is 14.7. The van der Waals surface area contributed by atoms with Gasteiger partial charge in [0.1, 0.15) is 10.9 Å². The van der Waals surface area contributed by atoms with E-state index in [9.17, 15) is 4.79 Å². The quantitative estimate of drug-likeness (QED) is 0.198. The van der Waals surface area contributed by atoms with E-state index in [2.05, 4.69) is 46.8 Å². The number of fused-ring (bicyclic) bond motifs is 1. The van der Waals surface area contributed by atoms with Gasteiger partial charge in [-0.2, -0.15) is 0 Å². The lowest BCUT2D eigenvalue weighted by atomic mass is 10.1. The Morgan fingerprint density at radius 3 is 2.75 bits per heavy atom. The topological polar surface area (TPSA) is 38.8 Å². The van der Waals surface area contributed by atoms with Crippen LogP contribution in [0.4, 0.5) is 0 Å². The summed E-state index contributed by atoms with van der Waals surface area (Å²) in [5.74, 6) is 1.07. The van der Waals surface area contributed by atoms with Crippen LogP contribution in [0.25, 0.3) is 16.8 Å². The Kier molecular flexibility index (Phi) is 6.98. The maximum Gasteiger partial charge on any atom is 0.266 e. The molecule has 0 saturated carbocycles. The van der Waals surface area contributed by atoms with Gasteiger partial charge in [-0.3, -0.25) is 9.69 Å². The number of methoxy groups -OCH3 is 1. The second-order valence-electron chi connectivity index (χ2n) is 7.04. The molecule has 0 N–H and O–H groups in total. The number of amides is 1. The first-order chi connectivity index (χ1) is 15.5. The van der Waals surface area contributed by atoms with E-state index in [4.69, 9.17) is 21.7 Å². The van der Waals surface area contributed by atoms with Crippen LogP contribution in [0.3, 0.4) is 0 Å². The van der Waals surface area contributed by atoms with Crippen molar-refractivity contribution in [2.24, 2.45) is 0 Å². The highest BCUT2D eigenvalue weighted by Crippen LogP contribution is 2.39. The van der Waals surface area contributed by atoms with Gasteiger partial charge < -0.3 is 9.47 Å². The molecule has 4 nitrogen and oxygen atoms in total. The van der Waals surface area contributed by atoms with Gasteiger partial charge in [0.2, 0.25) is 0 Å². The first-order valence-corrected chi connectivity index (χ1v) is 11.9. The molecule has 3 aromatic rings. The van der Waals surface area contributed by atoms with Crippen LogP contribution >= 0.6 is 39.9 Å². The molecule has 0 unspecified atom stereocenters. The maximum absolute atomic E-state index is 12.6. The zero-order valence-corrected chi connectivity index (χ0v) is 20.6. The van der Waals surface area contributed by atoms with Crippen molar-refractivity contribution in [1.29, 1.82) is 0 Å². The summed E-state index contributed by atoms with van der Waals surface area (Å²) in [5.41, 5.74) is 1.90. The van der Waals surface area contributed by atoms with Crippen LogP contribution in [0.1, 0.15) is 11.1 Å². The highest BCUT2D eigenvalue weighted by atomic mass is 79.9. The summed E-state index contributed by atoms with van der Waals surface area (Å²) in [5, 5.41) is 2.33. The van der Waals surface area contributed by atoms with Gasteiger partial charge >= 0.3 is 0 Å². The fraction of sp³-hybridized carbons (Fsp3) is 0.120. The van der Waals surface area contributed by atoms with E-state index in [1.807, 2.05) is 36.4 Å². The third-order valence-corrected chi connectivity index (χ3v) is 6.95. The van der Waals surface area contributed by atoms with Gasteiger partial charge in [0, 0.05) is 6.54 Å². The molecule has 1 amide bonds. The maximum atomic E-state index is 12.6. The van der Waals surface area contributed by atoms with Crippen molar-refractivity contribution in [2.75, 3.05) is 13.7 Å². The molecule has 0 aromatic heterocycles. The number of hydrogen-bond donors (Lipinski definition) is 0. The summed E-state index contributed by atoms with van der Waals surface area (Å²) in [6.07, 6.45) is 3.47. The average Bonchev–Trinajstić information content (AvgIpc) is 3.05. The molecule has 0 aliphatic carbocycles. The van der Waals surface area contributed by atoms with Crippen molar-refractivity contribution < 1.29 is 14.3 Å². The predicted octanol–water partition coefficient (Wildman–Crippen LogP) is 6.58. The van der Waals surface area contributed by atoms with E-state index in [0.717, 1.165) is 21.0 Å². The number of thioether (sulfide) groups is 1. The van der Waals surface area contributed by atoms with Gasteiger partial charge in [0.25, 0.3) is 5.91 Å². The predicted molar refractivity (Wildman–Crippen MR) is 139 cm³/mol. The third kappa shape index (κ3) is 4.60. The van der Waals surface area contributed by atoms with Crippen molar-refractivity contribution in [1.82, 2.24) is 4.90 Å². The molecule has 1 saturated heterocycles. The van der Waals surface area contributed by atoms with E-state index >= 15 is 0 Å². The number of carbonyl (C=O) groups excluding carboxylic acids is 1. The second-order valence-corrected chi connectivity index (χ2v) is 9.57. The van der Waals surface area contributed by atoms with E-state index in [0.29, 0.717) is 33.9 Å². The minimum atomic E-state index is -0.119. The Hall–Kier alpha value is -2.61. The molecule has 0 spiro atoms. The first-order valence-electron chi connectivity index (χ1n) is 9.85. The second kappa shape index (κ2) is 9.90. The SMILES string of the molecule is C=CCN1C(=O)/C(=C/c2cc(Br)c(OCc3cccc4ccccc34)c(OC)c2)SC1=S. The van der Waals surface area contributed by atoms with Gasteiger partial charge in [-0.25, -0.2) is 0 Å². The molecule has 162 valence electrons. The van der Waals surface area contributed by atoms with Crippen LogP contribution < -0.4 is 9.47 Å². The van der Waals surface area contributed by atoms with E-state index in [1.165, 1.54) is 22.0 Å². The van der Waals surface area contributed by atoms with Crippen molar-refractivity contribution in [2.45, 2.75) is 6.61 Å². The normalized spacial score (nSPS) is 14.9. The van der Waals surface area contributed by atoms with Gasteiger partial charge in [0.05, 0.1) is 16.5 Å². The number of nitrogens with zero attached hydrogens (tertiary/aromatic N) is 1. The lowest BCUT2D eigenvalue weighted by molar-refractivity contribution is -0.121. The van der Waals surface area contributed by atoms with Gasteiger partial charge in [-0.1, -0.05) is 72.5 Å². The Labute approximate surface area is 205 Å². The summed E-state index contributed by atoms with van der Waals surface area (Å²) in [7, 11) is 1.60. The van der Waals surface area contributed by atoms with Gasteiger partial charge in [-0.15, -0.1) is 6.58 Å². The summed E-state index contributed by atoms with van der Waals surface area (Å²) < 4.78 is 13.0. The van der Waals surface area contributed by atoms with Crippen LogP contribution in [-0.4, -0.2) is 28.8 Å². The number of rotatable bonds is 7. The van der Waals surface area contributed by atoms with Crippen LogP contribution in [-0.2, 0) is 11.4 Å². The average molecular weight is 526 g/mol. The smallest absolute Gasteiger partial charge is 0.266 e. The third-order valence-electron chi connectivity index (χ3n) is 4.99. The van der Waals surface area contributed by atoms with Crippen LogP contribution in [0.2, 0.25) is 0 Å². The van der Waals surface area contributed by atoms with Crippen LogP contribution in [0, 0.1) is 0 Å². The highest BCUT2D eigenvalue weighted by molar-refractivity contribution is 9.10. The fourth-order valence-corrected chi connectivity index (χ4v) is 5.32. The lowest BCUT2D eigenvalue weighted by Gasteiger charge is -2.15. The van der Waals surface area contributed by atoms with Crippen molar-refractivity contribution in [3.63, 3.8) is 0 Å². The molecule has 1 fully saturated rings. The Morgan fingerprint density at radius 1 is 1.19 bits per heavy atom. The van der Waals surface area contributed by atoms with Crippen LogP contribution in [0.15, 0.2) is 76.6 Å². The number of ether oxygens (including phenoxy) is 2. The fourth-order valence-electron chi connectivity index (χ4n) is 3.47. The summed E-state index contributed by atoms with van der Waals surface area (Å²) in [6, 6.07) is 18.1. The number of carbonyl (C=O) groups is 1. The van der Waals surface area contributed by atoms with E-state index in [-0.39, 0.29) is 5.91 Å². The molecule has 1 heterocycles. The molecule has 1 aliphatic heterocycles. The number of halogens is 1. The first kappa shape index (κ1) is 22.6. The zero-order valence-electron chi connectivity index (χ0n) is 17.3. The number of benzene rings is 3. The summed E-state index contributed by atoms with van der Waals surface area (Å²) >= 11 is 10.2. The summed E-state index contributed by atoms with van der Waals surface area (Å²) in [6.45, 7) is 4.48. The Balaban J connectivity index is 1.60. The number of hydrogen-bond acceptors (Lipinski definition) is 5. The van der Waals surface area contributed by atoms with Gasteiger partial charge in [-0.05, 0) is 56.0 Å². The molecule has 32 heavy (non-hydrogen) atoms. The van der Waals surface area contributed by atoms with E-state index in [1.54, 1.807) is 13.2 Å². The van der Waals surface area contributed by atoms with Crippen molar-refractivity contribution >= 4 is 67.0 Å². The lowest BCUT2D eigenvalue weighted by Crippen LogP contribution is -2.27. The van der Waals surface area contributed by atoms with Gasteiger partial charge in [0.15, 0.2) is 11.5 Å². The van der Waals surface area contributed by atoms with Crippen molar-refractivity contribution in [3.8, 4) is 11.5 Å². The number of thiocarbonyl (C=S) groups is 1. The van der Waals surface area contributed by atoms with E-state index < -0.39 is 0 Å². The molecule has 7 heteroatoms. The van der Waals surface area contributed by atoms with Crippen molar-refractivity contribution in [3.05, 3.63) is 87.8 Å². The molecular weight excluding hydrogens is 506 g/mol. The molecule has 3 aromatic carbocycles. The minimum absolute atomic E-state index is 0.119. The molecule has 4 rings (SSSR count). The molecule has 0 bridgehead atoms. The Morgan fingerprint density at radius 2 is 1.97 bits per heavy atom. The molecule has 1 aliphatic rings. The Bertz CT molecular complexity index is 1250. The molecular formula is C25H20BrNO3S2. The minimum Gasteiger partial charge on any atom is -0.493 e.